The Kier molecular flexibility index (Phi) is 6.72. The molecule has 122 valence electrons. The first-order chi connectivity index (χ1) is 10.6. The van der Waals surface area contributed by atoms with Gasteiger partial charge < -0.3 is 15.5 Å². The Bertz CT molecular complexity index is 439. The van der Waals surface area contributed by atoms with E-state index in [0.717, 1.165) is 31.1 Å². The first kappa shape index (κ1) is 16.8. The summed E-state index contributed by atoms with van der Waals surface area (Å²) >= 11 is 0. The third-order valence-electron chi connectivity index (χ3n) is 4.18. The van der Waals surface area contributed by atoms with Gasteiger partial charge in [0.2, 0.25) is 0 Å². The molecule has 0 aliphatic carbocycles. The summed E-state index contributed by atoms with van der Waals surface area (Å²) in [6.45, 7) is 9.43. The molecule has 1 heterocycles. The summed E-state index contributed by atoms with van der Waals surface area (Å²) < 4.78 is 0. The van der Waals surface area contributed by atoms with Crippen molar-refractivity contribution in [2.24, 2.45) is 11.8 Å². The lowest BCUT2D eigenvalue weighted by atomic mass is 9.96. The van der Waals surface area contributed by atoms with Crippen LogP contribution in [0.15, 0.2) is 30.3 Å². The van der Waals surface area contributed by atoms with E-state index in [9.17, 15) is 4.79 Å². The predicted molar refractivity (Wildman–Crippen MR) is 90.7 cm³/mol. The van der Waals surface area contributed by atoms with E-state index in [1.54, 1.807) is 0 Å². The lowest BCUT2D eigenvalue weighted by Gasteiger charge is -2.33. The Morgan fingerprint density at radius 1 is 1.18 bits per heavy atom. The van der Waals surface area contributed by atoms with Gasteiger partial charge in [-0.05, 0) is 43.3 Å². The molecule has 0 bridgehead atoms. The molecular formula is C18H29N3O. The van der Waals surface area contributed by atoms with Gasteiger partial charge in [0.1, 0.15) is 0 Å². The van der Waals surface area contributed by atoms with Crippen LogP contribution in [0.4, 0.5) is 4.79 Å². The van der Waals surface area contributed by atoms with Gasteiger partial charge in [-0.25, -0.2) is 4.79 Å². The van der Waals surface area contributed by atoms with E-state index in [1.807, 2.05) is 30.3 Å². The monoisotopic (exact) mass is 303 g/mol. The maximum Gasteiger partial charge on any atom is 0.315 e. The second-order valence-corrected chi connectivity index (χ2v) is 6.69. The SMILES string of the molecule is CC(C)CN1CCC(CNC(=O)NCc2ccccc2)CC1. The summed E-state index contributed by atoms with van der Waals surface area (Å²) in [6, 6.07) is 9.93. The highest BCUT2D eigenvalue weighted by Gasteiger charge is 2.19. The number of carbonyl (C=O) groups is 1. The second-order valence-electron chi connectivity index (χ2n) is 6.69. The van der Waals surface area contributed by atoms with E-state index >= 15 is 0 Å². The van der Waals surface area contributed by atoms with Crippen LogP contribution in [0.5, 0.6) is 0 Å². The molecule has 4 nitrogen and oxygen atoms in total. The first-order valence-electron chi connectivity index (χ1n) is 8.41. The number of urea groups is 1. The van der Waals surface area contributed by atoms with Gasteiger partial charge in [0.05, 0.1) is 0 Å². The minimum atomic E-state index is -0.0616. The third-order valence-corrected chi connectivity index (χ3v) is 4.18. The number of nitrogens with one attached hydrogen (secondary N) is 2. The smallest absolute Gasteiger partial charge is 0.315 e. The zero-order chi connectivity index (χ0) is 15.8. The van der Waals surface area contributed by atoms with Crippen LogP contribution in [-0.4, -0.2) is 37.1 Å². The number of carbonyl (C=O) groups excluding carboxylic acids is 1. The number of hydrogen-bond donors (Lipinski definition) is 2. The summed E-state index contributed by atoms with van der Waals surface area (Å²) in [6.07, 6.45) is 2.37. The summed E-state index contributed by atoms with van der Waals surface area (Å²) in [5.74, 6) is 1.35. The van der Waals surface area contributed by atoms with E-state index in [-0.39, 0.29) is 6.03 Å². The Morgan fingerprint density at radius 2 is 1.86 bits per heavy atom. The lowest BCUT2D eigenvalue weighted by Crippen LogP contribution is -2.42. The molecule has 1 aromatic carbocycles. The van der Waals surface area contributed by atoms with E-state index in [0.29, 0.717) is 12.5 Å². The van der Waals surface area contributed by atoms with Crippen molar-refractivity contribution in [3.63, 3.8) is 0 Å². The molecule has 0 aromatic heterocycles. The summed E-state index contributed by atoms with van der Waals surface area (Å²) in [4.78, 5) is 14.4. The first-order valence-corrected chi connectivity index (χ1v) is 8.41. The van der Waals surface area contributed by atoms with Crippen molar-refractivity contribution in [3.8, 4) is 0 Å². The zero-order valence-electron chi connectivity index (χ0n) is 13.8. The highest BCUT2D eigenvalue weighted by Crippen LogP contribution is 2.17. The second kappa shape index (κ2) is 8.79. The third kappa shape index (κ3) is 6.06. The molecule has 1 aliphatic rings. The van der Waals surface area contributed by atoms with Gasteiger partial charge in [-0.1, -0.05) is 44.2 Å². The number of hydrogen-bond acceptors (Lipinski definition) is 2. The van der Waals surface area contributed by atoms with Crippen molar-refractivity contribution in [2.45, 2.75) is 33.2 Å². The summed E-state index contributed by atoms with van der Waals surface area (Å²) in [5.41, 5.74) is 1.12. The minimum Gasteiger partial charge on any atom is -0.338 e. The molecule has 1 aromatic rings. The number of piperidine rings is 1. The topological polar surface area (TPSA) is 44.4 Å². The largest absolute Gasteiger partial charge is 0.338 e. The molecular weight excluding hydrogens is 274 g/mol. The van der Waals surface area contributed by atoms with Gasteiger partial charge in [-0.2, -0.15) is 0 Å². The van der Waals surface area contributed by atoms with Gasteiger partial charge in [0, 0.05) is 19.6 Å². The summed E-state index contributed by atoms with van der Waals surface area (Å²) in [7, 11) is 0. The molecule has 1 aliphatic heterocycles. The standard InChI is InChI=1S/C18H29N3O/c1-15(2)14-21-10-8-17(9-11-21)13-20-18(22)19-12-16-6-4-3-5-7-16/h3-7,15,17H,8-14H2,1-2H3,(H2,19,20,22). The van der Waals surface area contributed by atoms with Crippen molar-refractivity contribution < 1.29 is 4.79 Å². The van der Waals surface area contributed by atoms with Gasteiger partial charge in [0.15, 0.2) is 0 Å². The normalized spacial score (nSPS) is 16.7. The fourth-order valence-corrected chi connectivity index (χ4v) is 2.97. The van der Waals surface area contributed by atoms with E-state index in [2.05, 4.69) is 29.4 Å². The maximum absolute atomic E-state index is 11.8. The fraction of sp³-hybridized carbons (Fsp3) is 0.611. The molecule has 2 amide bonds. The average Bonchev–Trinajstić information content (AvgIpc) is 2.53. The number of amides is 2. The number of rotatable bonds is 6. The van der Waals surface area contributed by atoms with Crippen molar-refractivity contribution >= 4 is 6.03 Å². The molecule has 22 heavy (non-hydrogen) atoms. The zero-order valence-corrected chi connectivity index (χ0v) is 13.8. The molecule has 0 saturated carbocycles. The number of likely N-dealkylation sites (tertiary alicyclic amines) is 1. The van der Waals surface area contributed by atoms with Gasteiger partial charge in [0.25, 0.3) is 0 Å². The van der Waals surface area contributed by atoms with Gasteiger partial charge in [-0.15, -0.1) is 0 Å². The van der Waals surface area contributed by atoms with E-state index in [4.69, 9.17) is 0 Å². The van der Waals surface area contributed by atoms with Crippen LogP contribution < -0.4 is 10.6 Å². The number of nitrogens with zero attached hydrogens (tertiary/aromatic N) is 1. The van der Waals surface area contributed by atoms with Gasteiger partial charge in [-0.3, -0.25) is 0 Å². The fourth-order valence-electron chi connectivity index (χ4n) is 2.97. The molecule has 0 unspecified atom stereocenters. The van der Waals surface area contributed by atoms with Gasteiger partial charge >= 0.3 is 6.03 Å². The summed E-state index contributed by atoms with van der Waals surface area (Å²) in [5, 5.41) is 5.92. The molecule has 0 atom stereocenters. The molecule has 0 radical (unpaired) electrons. The van der Waals surface area contributed by atoms with E-state index in [1.165, 1.54) is 19.4 Å². The van der Waals surface area contributed by atoms with Crippen LogP contribution in [-0.2, 0) is 6.54 Å². The Balaban J connectivity index is 1.59. The van der Waals surface area contributed by atoms with Crippen LogP contribution in [0, 0.1) is 11.8 Å². The van der Waals surface area contributed by atoms with Crippen molar-refractivity contribution in [2.75, 3.05) is 26.2 Å². The molecule has 2 rings (SSSR count). The van der Waals surface area contributed by atoms with E-state index < -0.39 is 0 Å². The Labute approximate surface area is 134 Å². The molecule has 2 N–H and O–H groups in total. The van der Waals surface area contributed by atoms with Crippen LogP contribution in [0.2, 0.25) is 0 Å². The van der Waals surface area contributed by atoms with Crippen LogP contribution in [0.3, 0.4) is 0 Å². The average molecular weight is 303 g/mol. The molecule has 0 spiro atoms. The highest BCUT2D eigenvalue weighted by atomic mass is 16.2. The minimum absolute atomic E-state index is 0.0616. The van der Waals surface area contributed by atoms with Crippen LogP contribution in [0.1, 0.15) is 32.3 Å². The molecule has 1 saturated heterocycles. The Hall–Kier alpha value is -1.55. The van der Waals surface area contributed by atoms with Crippen molar-refractivity contribution in [1.29, 1.82) is 0 Å². The molecule has 4 heteroatoms. The number of benzene rings is 1. The Morgan fingerprint density at radius 3 is 2.50 bits per heavy atom. The predicted octanol–water partition coefficient (Wildman–Crippen LogP) is 2.85. The quantitative estimate of drug-likeness (QED) is 0.849. The van der Waals surface area contributed by atoms with Crippen LogP contribution >= 0.6 is 0 Å². The molecule has 1 fully saturated rings. The van der Waals surface area contributed by atoms with Crippen molar-refractivity contribution in [3.05, 3.63) is 35.9 Å². The van der Waals surface area contributed by atoms with Crippen molar-refractivity contribution in [1.82, 2.24) is 15.5 Å². The maximum atomic E-state index is 11.8. The highest BCUT2D eigenvalue weighted by molar-refractivity contribution is 5.73. The van der Waals surface area contributed by atoms with Crippen LogP contribution in [0.25, 0.3) is 0 Å². The lowest BCUT2D eigenvalue weighted by molar-refractivity contribution is 0.166.